The van der Waals surface area contributed by atoms with Crippen LogP contribution in [-0.4, -0.2) is 49.1 Å². The molecule has 1 aromatic carbocycles. The zero-order valence-corrected chi connectivity index (χ0v) is 13.9. The molecule has 3 rings (SSSR count). The van der Waals surface area contributed by atoms with E-state index in [1.54, 1.807) is 0 Å². The van der Waals surface area contributed by atoms with Crippen LogP contribution < -0.4 is 10.6 Å². The molecule has 1 aliphatic rings. The number of nitrogens with zero attached hydrogens (tertiary/aromatic N) is 2. The van der Waals surface area contributed by atoms with Crippen molar-refractivity contribution in [2.24, 2.45) is 4.99 Å². The van der Waals surface area contributed by atoms with E-state index in [2.05, 4.69) is 55.8 Å². The first kappa shape index (κ1) is 15.9. The van der Waals surface area contributed by atoms with Gasteiger partial charge in [0.1, 0.15) is 0 Å². The van der Waals surface area contributed by atoms with Crippen LogP contribution in [0.2, 0.25) is 0 Å². The largest absolute Gasteiger partial charge is 0.357 e. The highest BCUT2D eigenvalue weighted by molar-refractivity contribution is 5.81. The molecule has 1 aromatic heterocycles. The maximum atomic E-state index is 4.30. The van der Waals surface area contributed by atoms with E-state index in [1.807, 2.05) is 7.05 Å². The molecule has 2 aromatic rings. The summed E-state index contributed by atoms with van der Waals surface area (Å²) in [5.74, 6) is 0.862. The number of aromatic nitrogens is 1. The highest BCUT2D eigenvalue weighted by Crippen LogP contribution is 2.14. The Bertz CT molecular complexity index is 607. The average molecular weight is 313 g/mol. The molecule has 0 atom stereocenters. The predicted molar refractivity (Wildman–Crippen MR) is 96.8 cm³/mol. The lowest BCUT2D eigenvalue weighted by Gasteiger charge is -2.26. The van der Waals surface area contributed by atoms with Crippen molar-refractivity contribution in [1.82, 2.24) is 20.5 Å². The maximum Gasteiger partial charge on any atom is 0.191 e. The number of rotatable bonds is 5. The Hall–Kier alpha value is -2.01. The second-order valence-corrected chi connectivity index (χ2v) is 6.14. The number of hydrogen-bond donors (Lipinski definition) is 3. The van der Waals surface area contributed by atoms with Crippen LogP contribution in [0.3, 0.4) is 0 Å². The SMILES string of the molecule is CN=C(NCCN1CCCCC1)NCc1cc2ccccc2[nH]1. The molecule has 0 unspecified atom stereocenters. The van der Waals surface area contributed by atoms with Crippen molar-refractivity contribution < 1.29 is 0 Å². The molecule has 0 aliphatic carbocycles. The lowest BCUT2D eigenvalue weighted by atomic mass is 10.1. The molecule has 0 amide bonds. The molecular formula is C18H27N5. The predicted octanol–water partition coefficient (Wildman–Crippen LogP) is 2.32. The number of benzene rings is 1. The van der Waals surface area contributed by atoms with Crippen LogP contribution in [0, 0.1) is 0 Å². The summed E-state index contributed by atoms with van der Waals surface area (Å²) in [6.45, 7) is 5.25. The number of aliphatic imine (C=N–C) groups is 1. The van der Waals surface area contributed by atoms with Crippen LogP contribution >= 0.6 is 0 Å². The Morgan fingerprint density at radius 1 is 1.17 bits per heavy atom. The van der Waals surface area contributed by atoms with Crippen molar-refractivity contribution >= 4 is 16.9 Å². The molecule has 0 saturated carbocycles. The van der Waals surface area contributed by atoms with E-state index in [4.69, 9.17) is 0 Å². The van der Waals surface area contributed by atoms with Gasteiger partial charge in [-0.25, -0.2) is 0 Å². The molecule has 0 radical (unpaired) electrons. The molecule has 124 valence electrons. The summed E-state index contributed by atoms with van der Waals surface area (Å²) in [7, 11) is 1.82. The monoisotopic (exact) mass is 313 g/mol. The summed E-state index contributed by atoms with van der Waals surface area (Å²) in [6, 6.07) is 10.5. The van der Waals surface area contributed by atoms with Gasteiger partial charge in [0.05, 0.1) is 6.54 Å². The number of fused-ring (bicyclic) bond motifs is 1. The van der Waals surface area contributed by atoms with Crippen molar-refractivity contribution in [2.45, 2.75) is 25.8 Å². The maximum absolute atomic E-state index is 4.30. The van der Waals surface area contributed by atoms with Crippen LogP contribution in [0.4, 0.5) is 0 Å². The number of piperidine rings is 1. The van der Waals surface area contributed by atoms with E-state index in [9.17, 15) is 0 Å². The molecule has 23 heavy (non-hydrogen) atoms. The number of hydrogen-bond acceptors (Lipinski definition) is 2. The Morgan fingerprint density at radius 2 is 2.00 bits per heavy atom. The van der Waals surface area contributed by atoms with Crippen molar-refractivity contribution in [3.05, 3.63) is 36.0 Å². The van der Waals surface area contributed by atoms with Crippen molar-refractivity contribution in [3.8, 4) is 0 Å². The summed E-state index contributed by atoms with van der Waals surface area (Å²) in [5, 5.41) is 8.03. The van der Waals surface area contributed by atoms with E-state index in [1.165, 1.54) is 48.9 Å². The number of likely N-dealkylation sites (tertiary alicyclic amines) is 1. The second kappa shape index (κ2) is 8.02. The molecule has 1 aliphatic heterocycles. The fraction of sp³-hybridized carbons (Fsp3) is 0.500. The average Bonchev–Trinajstić information content (AvgIpc) is 3.01. The fourth-order valence-electron chi connectivity index (χ4n) is 3.14. The molecule has 1 saturated heterocycles. The Balaban J connectivity index is 1.43. The Kier molecular flexibility index (Phi) is 5.53. The van der Waals surface area contributed by atoms with Gasteiger partial charge < -0.3 is 20.5 Å². The van der Waals surface area contributed by atoms with Gasteiger partial charge in [0.15, 0.2) is 5.96 Å². The number of nitrogens with one attached hydrogen (secondary N) is 3. The number of H-pyrrole nitrogens is 1. The normalized spacial score (nSPS) is 16.7. The number of para-hydroxylation sites is 1. The zero-order valence-electron chi connectivity index (χ0n) is 13.9. The van der Waals surface area contributed by atoms with Gasteiger partial charge in [-0.1, -0.05) is 24.6 Å². The fourth-order valence-corrected chi connectivity index (χ4v) is 3.14. The van der Waals surface area contributed by atoms with E-state index in [0.717, 1.165) is 25.6 Å². The summed E-state index contributed by atoms with van der Waals surface area (Å²) < 4.78 is 0. The third-order valence-electron chi connectivity index (χ3n) is 4.42. The summed E-state index contributed by atoms with van der Waals surface area (Å²) >= 11 is 0. The Labute approximate surface area is 138 Å². The van der Waals surface area contributed by atoms with E-state index < -0.39 is 0 Å². The molecular weight excluding hydrogens is 286 g/mol. The van der Waals surface area contributed by atoms with E-state index in [-0.39, 0.29) is 0 Å². The summed E-state index contributed by atoms with van der Waals surface area (Å²) in [4.78, 5) is 10.3. The van der Waals surface area contributed by atoms with Gasteiger partial charge in [-0.05, 0) is 43.5 Å². The van der Waals surface area contributed by atoms with Gasteiger partial charge in [0.2, 0.25) is 0 Å². The lowest BCUT2D eigenvalue weighted by Crippen LogP contribution is -2.42. The summed E-state index contributed by atoms with van der Waals surface area (Å²) in [5.41, 5.74) is 2.35. The van der Waals surface area contributed by atoms with E-state index >= 15 is 0 Å². The van der Waals surface area contributed by atoms with Crippen molar-refractivity contribution in [2.75, 3.05) is 33.2 Å². The first-order valence-corrected chi connectivity index (χ1v) is 8.58. The van der Waals surface area contributed by atoms with Gasteiger partial charge in [-0.15, -0.1) is 0 Å². The van der Waals surface area contributed by atoms with Gasteiger partial charge >= 0.3 is 0 Å². The first-order chi connectivity index (χ1) is 11.3. The lowest BCUT2D eigenvalue weighted by molar-refractivity contribution is 0.232. The van der Waals surface area contributed by atoms with Crippen molar-refractivity contribution in [3.63, 3.8) is 0 Å². The topological polar surface area (TPSA) is 55.5 Å². The third kappa shape index (κ3) is 4.48. The Morgan fingerprint density at radius 3 is 2.78 bits per heavy atom. The second-order valence-electron chi connectivity index (χ2n) is 6.14. The minimum absolute atomic E-state index is 0.748. The first-order valence-electron chi connectivity index (χ1n) is 8.58. The summed E-state index contributed by atoms with van der Waals surface area (Å²) in [6.07, 6.45) is 4.07. The quantitative estimate of drug-likeness (QED) is 0.586. The van der Waals surface area contributed by atoms with Crippen LogP contribution in [0.5, 0.6) is 0 Å². The molecule has 5 nitrogen and oxygen atoms in total. The smallest absolute Gasteiger partial charge is 0.191 e. The molecule has 5 heteroatoms. The van der Waals surface area contributed by atoms with Gasteiger partial charge in [-0.2, -0.15) is 0 Å². The molecule has 2 heterocycles. The van der Waals surface area contributed by atoms with Crippen LogP contribution in [0.25, 0.3) is 10.9 Å². The minimum Gasteiger partial charge on any atom is -0.357 e. The highest BCUT2D eigenvalue weighted by Gasteiger charge is 2.09. The van der Waals surface area contributed by atoms with Gasteiger partial charge in [0.25, 0.3) is 0 Å². The molecule has 3 N–H and O–H groups in total. The third-order valence-corrected chi connectivity index (χ3v) is 4.42. The van der Waals surface area contributed by atoms with Crippen LogP contribution in [0.1, 0.15) is 25.0 Å². The van der Waals surface area contributed by atoms with Gasteiger partial charge in [-0.3, -0.25) is 4.99 Å². The minimum atomic E-state index is 0.748. The molecule has 1 fully saturated rings. The zero-order chi connectivity index (χ0) is 15.9. The number of guanidine groups is 1. The van der Waals surface area contributed by atoms with Crippen LogP contribution in [-0.2, 0) is 6.54 Å². The standard InChI is InChI=1S/C18H27N5/c1-19-18(20-9-12-23-10-5-2-6-11-23)21-14-16-13-15-7-3-4-8-17(15)22-16/h3-4,7-8,13,22H,2,5-6,9-12,14H2,1H3,(H2,19,20,21). The molecule has 0 spiro atoms. The number of aromatic amines is 1. The van der Waals surface area contributed by atoms with Crippen LogP contribution in [0.15, 0.2) is 35.3 Å². The molecule has 0 bridgehead atoms. The van der Waals surface area contributed by atoms with E-state index in [0.29, 0.717) is 0 Å². The van der Waals surface area contributed by atoms with Gasteiger partial charge in [0, 0.05) is 31.3 Å². The van der Waals surface area contributed by atoms with Crippen molar-refractivity contribution in [1.29, 1.82) is 0 Å². The highest BCUT2D eigenvalue weighted by atomic mass is 15.2.